The lowest BCUT2D eigenvalue weighted by molar-refractivity contribution is 0.567. The van der Waals surface area contributed by atoms with Crippen molar-refractivity contribution >= 4 is 11.3 Å². The van der Waals surface area contributed by atoms with Gasteiger partial charge in [-0.25, -0.2) is 0 Å². The van der Waals surface area contributed by atoms with E-state index in [-0.39, 0.29) is 0 Å². The molecule has 1 aliphatic carbocycles. The van der Waals surface area contributed by atoms with Crippen molar-refractivity contribution in [3.63, 3.8) is 0 Å². The zero-order valence-electron chi connectivity index (χ0n) is 11.3. The van der Waals surface area contributed by atoms with Crippen molar-refractivity contribution in [3.8, 4) is 0 Å². The lowest BCUT2D eigenvalue weighted by Gasteiger charge is -2.28. The van der Waals surface area contributed by atoms with Crippen molar-refractivity contribution in [2.24, 2.45) is 5.73 Å². The van der Waals surface area contributed by atoms with Crippen LogP contribution in [0.5, 0.6) is 0 Å². The zero-order valence-corrected chi connectivity index (χ0v) is 11.3. The van der Waals surface area contributed by atoms with Crippen molar-refractivity contribution in [3.05, 3.63) is 84.0 Å². The van der Waals surface area contributed by atoms with Crippen LogP contribution in [0.25, 0.3) is 5.57 Å². The molecule has 2 heteroatoms. The van der Waals surface area contributed by atoms with Gasteiger partial charge in [0.15, 0.2) is 0 Å². The molecule has 0 spiro atoms. The SMILES string of the molecule is Nc1ccc(C2(N)C=CC(c3ccccc3)=CC2)cc1. The number of hydrogen-bond acceptors (Lipinski definition) is 2. The molecule has 1 aliphatic rings. The molecule has 20 heavy (non-hydrogen) atoms. The van der Waals surface area contributed by atoms with Gasteiger partial charge in [0, 0.05) is 5.69 Å². The highest BCUT2D eigenvalue weighted by atomic mass is 14.7. The van der Waals surface area contributed by atoms with Crippen molar-refractivity contribution in [2.45, 2.75) is 12.0 Å². The smallest absolute Gasteiger partial charge is 0.0633 e. The van der Waals surface area contributed by atoms with Crippen LogP contribution in [0, 0.1) is 0 Å². The van der Waals surface area contributed by atoms with Crippen molar-refractivity contribution in [1.29, 1.82) is 0 Å². The standard InChI is InChI=1S/C18H18N2/c19-17-8-6-16(7-9-17)18(20)12-10-15(11-13-18)14-4-2-1-3-5-14/h1-12H,13,19-20H2. The van der Waals surface area contributed by atoms with E-state index in [1.165, 1.54) is 11.1 Å². The molecule has 3 rings (SSSR count). The maximum absolute atomic E-state index is 6.50. The molecule has 0 saturated carbocycles. The Morgan fingerprint density at radius 1 is 0.900 bits per heavy atom. The first-order chi connectivity index (χ1) is 9.67. The van der Waals surface area contributed by atoms with E-state index in [0.29, 0.717) is 0 Å². The number of nitrogen functional groups attached to an aromatic ring is 1. The Morgan fingerprint density at radius 3 is 2.20 bits per heavy atom. The van der Waals surface area contributed by atoms with Crippen LogP contribution < -0.4 is 11.5 Å². The lowest BCUT2D eigenvalue weighted by Crippen LogP contribution is -2.35. The monoisotopic (exact) mass is 262 g/mol. The molecule has 4 N–H and O–H groups in total. The summed E-state index contributed by atoms with van der Waals surface area (Å²) in [5, 5.41) is 0. The minimum Gasteiger partial charge on any atom is -0.399 e. The average molecular weight is 262 g/mol. The first-order valence-corrected chi connectivity index (χ1v) is 6.77. The average Bonchev–Trinajstić information content (AvgIpc) is 2.49. The molecular formula is C18H18N2. The molecule has 1 atom stereocenters. The third-order valence-electron chi connectivity index (χ3n) is 3.78. The van der Waals surface area contributed by atoms with E-state index >= 15 is 0 Å². The predicted octanol–water partition coefficient (Wildman–Crippen LogP) is 3.47. The maximum atomic E-state index is 6.50. The number of hydrogen-bond donors (Lipinski definition) is 2. The molecule has 0 amide bonds. The number of allylic oxidation sites excluding steroid dienone is 2. The van der Waals surface area contributed by atoms with Crippen LogP contribution >= 0.6 is 0 Å². The van der Waals surface area contributed by atoms with Crippen molar-refractivity contribution in [2.75, 3.05) is 5.73 Å². The van der Waals surface area contributed by atoms with E-state index in [2.05, 4.69) is 30.4 Å². The fourth-order valence-electron chi connectivity index (χ4n) is 2.51. The van der Waals surface area contributed by atoms with Gasteiger partial charge < -0.3 is 11.5 Å². The molecule has 2 aromatic carbocycles. The van der Waals surface area contributed by atoms with Gasteiger partial charge in [-0.05, 0) is 35.3 Å². The summed E-state index contributed by atoms with van der Waals surface area (Å²) in [6.45, 7) is 0. The van der Waals surface area contributed by atoms with Crippen molar-refractivity contribution < 1.29 is 0 Å². The first-order valence-electron chi connectivity index (χ1n) is 6.77. The minimum atomic E-state index is -0.439. The fourth-order valence-corrected chi connectivity index (χ4v) is 2.51. The van der Waals surface area contributed by atoms with E-state index in [1.54, 1.807) is 0 Å². The molecular weight excluding hydrogens is 244 g/mol. The Morgan fingerprint density at radius 2 is 1.60 bits per heavy atom. The second kappa shape index (κ2) is 4.99. The van der Waals surface area contributed by atoms with E-state index in [0.717, 1.165) is 17.7 Å². The molecule has 0 aromatic heterocycles. The Hall–Kier alpha value is -2.32. The normalized spacial score (nSPS) is 21.6. The Balaban J connectivity index is 1.86. The molecule has 0 saturated heterocycles. The van der Waals surface area contributed by atoms with Gasteiger partial charge in [0.05, 0.1) is 5.54 Å². The summed E-state index contributed by atoms with van der Waals surface area (Å²) in [7, 11) is 0. The van der Waals surface area contributed by atoms with Gasteiger partial charge in [-0.3, -0.25) is 0 Å². The Kier molecular flexibility index (Phi) is 3.17. The van der Waals surface area contributed by atoms with E-state index in [1.807, 2.05) is 42.5 Å². The van der Waals surface area contributed by atoms with Gasteiger partial charge in [0.25, 0.3) is 0 Å². The number of nitrogens with two attached hydrogens (primary N) is 2. The summed E-state index contributed by atoms with van der Waals surface area (Å²) in [6, 6.07) is 18.1. The van der Waals surface area contributed by atoms with E-state index in [9.17, 15) is 0 Å². The van der Waals surface area contributed by atoms with Gasteiger partial charge >= 0.3 is 0 Å². The van der Waals surface area contributed by atoms with Crippen LogP contribution in [0.3, 0.4) is 0 Å². The third-order valence-corrected chi connectivity index (χ3v) is 3.78. The fraction of sp³-hybridized carbons (Fsp3) is 0.111. The first kappa shape index (κ1) is 12.7. The van der Waals surface area contributed by atoms with Crippen LogP contribution in [0.2, 0.25) is 0 Å². The number of anilines is 1. The predicted molar refractivity (Wildman–Crippen MR) is 84.9 cm³/mol. The van der Waals surface area contributed by atoms with Crippen LogP contribution in [0.1, 0.15) is 17.5 Å². The molecule has 2 nitrogen and oxygen atoms in total. The maximum Gasteiger partial charge on any atom is 0.0633 e. The van der Waals surface area contributed by atoms with Gasteiger partial charge in [0.2, 0.25) is 0 Å². The highest BCUT2D eigenvalue weighted by molar-refractivity contribution is 5.75. The Bertz CT molecular complexity index is 654. The quantitative estimate of drug-likeness (QED) is 0.814. The topological polar surface area (TPSA) is 52.0 Å². The van der Waals surface area contributed by atoms with Gasteiger partial charge in [-0.1, -0.05) is 60.7 Å². The number of benzene rings is 2. The summed E-state index contributed by atoms with van der Waals surface area (Å²) in [5.74, 6) is 0. The van der Waals surface area contributed by atoms with E-state index in [4.69, 9.17) is 11.5 Å². The minimum absolute atomic E-state index is 0.439. The van der Waals surface area contributed by atoms with Gasteiger partial charge in [0.1, 0.15) is 0 Å². The highest BCUT2D eigenvalue weighted by Crippen LogP contribution is 2.32. The second-order valence-corrected chi connectivity index (χ2v) is 5.23. The van der Waals surface area contributed by atoms with Crippen LogP contribution in [0.15, 0.2) is 72.8 Å². The summed E-state index contributed by atoms with van der Waals surface area (Å²) in [5.41, 5.74) is 16.1. The highest BCUT2D eigenvalue weighted by Gasteiger charge is 2.25. The largest absolute Gasteiger partial charge is 0.399 e. The van der Waals surface area contributed by atoms with Gasteiger partial charge in [-0.2, -0.15) is 0 Å². The van der Waals surface area contributed by atoms with Crippen LogP contribution in [-0.2, 0) is 5.54 Å². The molecule has 0 fully saturated rings. The van der Waals surface area contributed by atoms with E-state index < -0.39 is 5.54 Å². The van der Waals surface area contributed by atoms with Crippen LogP contribution in [0.4, 0.5) is 5.69 Å². The summed E-state index contributed by atoms with van der Waals surface area (Å²) in [6.07, 6.45) is 7.18. The lowest BCUT2D eigenvalue weighted by atomic mass is 9.82. The summed E-state index contributed by atoms with van der Waals surface area (Å²) in [4.78, 5) is 0. The number of rotatable bonds is 2. The Labute approximate surface area is 119 Å². The summed E-state index contributed by atoms with van der Waals surface area (Å²) < 4.78 is 0. The molecule has 0 bridgehead atoms. The van der Waals surface area contributed by atoms with Gasteiger partial charge in [-0.15, -0.1) is 0 Å². The molecule has 0 heterocycles. The molecule has 0 aliphatic heterocycles. The van der Waals surface area contributed by atoms with Crippen LogP contribution in [-0.4, -0.2) is 0 Å². The molecule has 0 radical (unpaired) electrons. The summed E-state index contributed by atoms with van der Waals surface area (Å²) >= 11 is 0. The zero-order chi connectivity index (χ0) is 14.0. The third kappa shape index (κ3) is 2.38. The molecule has 100 valence electrons. The second-order valence-electron chi connectivity index (χ2n) is 5.23. The van der Waals surface area contributed by atoms with Crippen molar-refractivity contribution in [1.82, 2.24) is 0 Å². The molecule has 2 aromatic rings. The molecule has 1 unspecified atom stereocenters.